The van der Waals surface area contributed by atoms with Crippen molar-refractivity contribution in [3.63, 3.8) is 0 Å². The molecule has 0 bridgehead atoms. The number of rotatable bonds is 1. The van der Waals surface area contributed by atoms with E-state index in [2.05, 4.69) is 20.9 Å². The maximum atomic E-state index is 6.00. The van der Waals surface area contributed by atoms with Crippen LogP contribution in [0.4, 0.5) is 5.82 Å². The Morgan fingerprint density at radius 2 is 1.94 bits per heavy atom. The number of piperidine rings is 1. The zero-order valence-electron chi connectivity index (χ0n) is 10.9. The lowest BCUT2D eigenvalue weighted by molar-refractivity contribution is 0.242. The summed E-state index contributed by atoms with van der Waals surface area (Å²) in [4.78, 5) is 11.1. The molecule has 2 aliphatic rings. The highest BCUT2D eigenvalue weighted by molar-refractivity contribution is 6.28. The van der Waals surface area contributed by atoms with Gasteiger partial charge in [-0.05, 0) is 50.1 Å². The first kappa shape index (κ1) is 12.2. The van der Waals surface area contributed by atoms with E-state index in [9.17, 15) is 0 Å². The quantitative estimate of drug-likeness (QED) is 0.727. The monoisotopic (exact) mass is 265 g/mol. The molecule has 0 amide bonds. The van der Waals surface area contributed by atoms with Crippen LogP contribution in [0.2, 0.25) is 5.28 Å². The van der Waals surface area contributed by atoms with Crippen LogP contribution in [0.5, 0.6) is 0 Å². The third-order valence-corrected chi connectivity index (χ3v) is 4.52. The van der Waals surface area contributed by atoms with Crippen molar-refractivity contribution >= 4 is 17.4 Å². The zero-order valence-corrected chi connectivity index (χ0v) is 11.7. The van der Waals surface area contributed by atoms with Gasteiger partial charge in [0, 0.05) is 24.3 Å². The fourth-order valence-corrected chi connectivity index (χ4v) is 3.79. The first-order chi connectivity index (χ1) is 8.74. The Morgan fingerprint density at radius 3 is 2.78 bits per heavy atom. The Bertz CT molecular complexity index is 413. The van der Waals surface area contributed by atoms with Gasteiger partial charge in [0.05, 0.1) is 0 Å². The number of halogens is 1. The number of anilines is 1. The standard InChI is InChI=1S/C14H20ClN3/c1-10-9-13(17-14(15)16-10)18-8-4-6-11-5-2-3-7-12(11)18/h9,11-12H,2-8H2,1H3/t11-,12-/m1/s1. The largest absolute Gasteiger partial charge is 0.353 e. The average molecular weight is 266 g/mol. The number of aryl methyl sites for hydroxylation is 1. The highest BCUT2D eigenvalue weighted by Gasteiger charge is 2.33. The molecule has 2 atom stereocenters. The predicted molar refractivity (Wildman–Crippen MR) is 74.1 cm³/mol. The molecule has 2 heterocycles. The van der Waals surface area contributed by atoms with Crippen LogP contribution in [-0.2, 0) is 0 Å². The first-order valence-electron chi connectivity index (χ1n) is 7.02. The number of aromatic nitrogens is 2. The predicted octanol–water partition coefficient (Wildman–Crippen LogP) is 3.60. The summed E-state index contributed by atoms with van der Waals surface area (Å²) >= 11 is 6.00. The van der Waals surface area contributed by atoms with Gasteiger partial charge in [-0.3, -0.25) is 0 Å². The van der Waals surface area contributed by atoms with Crippen molar-refractivity contribution < 1.29 is 0 Å². The topological polar surface area (TPSA) is 29.0 Å². The van der Waals surface area contributed by atoms with Crippen molar-refractivity contribution in [3.8, 4) is 0 Å². The third kappa shape index (κ3) is 2.33. The van der Waals surface area contributed by atoms with Gasteiger partial charge in [0.2, 0.25) is 5.28 Å². The number of nitrogens with zero attached hydrogens (tertiary/aromatic N) is 3. The highest BCUT2D eigenvalue weighted by Crippen LogP contribution is 2.37. The van der Waals surface area contributed by atoms with Crippen LogP contribution in [0.25, 0.3) is 0 Å². The van der Waals surface area contributed by atoms with Crippen LogP contribution < -0.4 is 4.90 Å². The van der Waals surface area contributed by atoms with Crippen molar-refractivity contribution in [2.75, 3.05) is 11.4 Å². The van der Waals surface area contributed by atoms with E-state index in [1.165, 1.54) is 38.5 Å². The van der Waals surface area contributed by atoms with E-state index >= 15 is 0 Å². The summed E-state index contributed by atoms with van der Waals surface area (Å²) in [5, 5.41) is 0.378. The first-order valence-corrected chi connectivity index (χ1v) is 7.39. The molecular formula is C14H20ClN3. The number of hydrogen-bond donors (Lipinski definition) is 0. The summed E-state index contributed by atoms with van der Waals surface area (Å²) in [6.45, 7) is 3.10. The van der Waals surface area contributed by atoms with Gasteiger partial charge in [-0.2, -0.15) is 0 Å². The van der Waals surface area contributed by atoms with Gasteiger partial charge in [0.15, 0.2) is 0 Å². The second-order valence-corrected chi connectivity index (χ2v) is 5.92. The van der Waals surface area contributed by atoms with Crippen LogP contribution in [-0.4, -0.2) is 22.6 Å². The number of fused-ring (bicyclic) bond motifs is 1. The summed E-state index contributed by atoms with van der Waals surface area (Å²) in [7, 11) is 0. The van der Waals surface area contributed by atoms with E-state index in [-0.39, 0.29) is 0 Å². The van der Waals surface area contributed by atoms with Gasteiger partial charge in [0.1, 0.15) is 5.82 Å². The maximum Gasteiger partial charge on any atom is 0.224 e. The fourth-order valence-electron chi connectivity index (χ4n) is 3.57. The lowest BCUT2D eigenvalue weighted by atomic mass is 9.78. The molecule has 1 aromatic heterocycles. The highest BCUT2D eigenvalue weighted by atomic mass is 35.5. The van der Waals surface area contributed by atoms with E-state index in [4.69, 9.17) is 11.6 Å². The van der Waals surface area contributed by atoms with Crippen molar-refractivity contribution in [2.24, 2.45) is 5.92 Å². The zero-order chi connectivity index (χ0) is 12.5. The average Bonchev–Trinajstić information content (AvgIpc) is 2.37. The van der Waals surface area contributed by atoms with Gasteiger partial charge < -0.3 is 4.90 Å². The molecule has 1 aromatic rings. The summed E-state index contributed by atoms with van der Waals surface area (Å²) in [6.07, 6.45) is 8.12. The van der Waals surface area contributed by atoms with Crippen molar-refractivity contribution in [3.05, 3.63) is 17.0 Å². The van der Waals surface area contributed by atoms with Gasteiger partial charge in [-0.25, -0.2) is 9.97 Å². The molecule has 1 saturated carbocycles. The minimum Gasteiger partial charge on any atom is -0.353 e. The minimum atomic E-state index is 0.378. The molecule has 18 heavy (non-hydrogen) atoms. The molecule has 0 unspecified atom stereocenters. The Hall–Kier alpha value is -0.830. The lowest BCUT2D eigenvalue weighted by Gasteiger charge is -2.44. The lowest BCUT2D eigenvalue weighted by Crippen LogP contribution is -2.47. The van der Waals surface area contributed by atoms with E-state index in [1.807, 2.05) is 6.92 Å². The van der Waals surface area contributed by atoms with Crippen LogP contribution in [0.15, 0.2) is 6.07 Å². The van der Waals surface area contributed by atoms with Gasteiger partial charge in [-0.15, -0.1) is 0 Å². The van der Waals surface area contributed by atoms with Gasteiger partial charge >= 0.3 is 0 Å². The molecule has 0 N–H and O–H groups in total. The molecule has 4 heteroatoms. The van der Waals surface area contributed by atoms with Gasteiger partial charge in [-0.1, -0.05) is 12.8 Å². The Balaban J connectivity index is 1.89. The normalized spacial score (nSPS) is 28.0. The summed E-state index contributed by atoms with van der Waals surface area (Å²) in [5.41, 5.74) is 0.961. The van der Waals surface area contributed by atoms with E-state index < -0.39 is 0 Å². The molecule has 1 aliphatic heterocycles. The smallest absolute Gasteiger partial charge is 0.224 e. The van der Waals surface area contributed by atoms with E-state index in [0.717, 1.165) is 24.0 Å². The molecule has 98 valence electrons. The van der Waals surface area contributed by atoms with Crippen LogP contribution in [0.3, 0.4) is 0 Å². The number of hydrogen-bond acceptors (Lipinski definition) is 3. The SMILES string of the molecule is Cc1cc(N2CCC[C@H]3CCCC[C@H]32)nc(Cl)n1. The summed E-state index contributed by atoms with van der Waals surface area (Å²) in [5.74, 6) is 1.89. The Labute approximate surface area is 114 Å². The summed E-state index contributed by atoms with van der Waals surface area (Å²) in [6, 6.07) is 2.75. The molecule has 3 nitrogen and oxygen atoms in total. The second-order valence-electron chi connectivity index (χ2n) is 5.58. The summed E-state index contributed by atoms with van der Waals surface area (Å²) < 4.78 is 0. The molecule has 0 aromatic carbocycles. The van der Waals surface area contributed by atoms with E-state index in [1.54, 1.807) is 0 Å². The van der Waals surface area contributed by atoms with Crippen molar-refractivity contribution in [1.82, 2.24) is 9.97 Å². The van der Waals surface area contributed by atoms with Crippen molar-refractivity contribution in [1.29, 1.82) is 0 Å². The third-order valence-electron chi connectivity index (χ3n) is 4.35. The fraction of sp³-hybridized carbons (Fsp3) is 0.714. The molecule has 1 aliphatic carbocycles. The molecule has 2 fully saturated rings. The second kappa shape index (κ2) is 5.04. The molecule has 1 saturated heterocycles. The Morgan fingerprint density at radius 1 is 1.17 bits per heavy atom. The van der Waals surface area contributed by atoms with Crippen LogP contribution in [0, 0.1) is 12.8 Å². The molecule has 0 spiro atoms. The molecular weight excluding hydrogens is 246 g/mol. The van der Waals surface area contributed by atoms with Crippen LogP contribution in [0.1, 0.15) is 44.2 Å². The molecule has 3 rings (SSSR count). The van der Waals surface area contributed by atoms with Crippen LogP contribution >= 0.6 is 11.6 Å². The van der Waals surface area contributed by atoms with E-state index in [0.29, 0.717) is 11.3 Å². The van der Waals surface area contributed by atoms with Gasteiger partial charge in [0.25, 0.3) is 0 Å². The molecule has 0 radical (unpaired) electrons. The Kier molecular flexibility index (Phi) is 3.42. The van der Waals surface area contributed by atoms with Crippen molar-refractivity contribution in [2.45, 2.75) is 51.5 Å². The minimum absolute atomic E-state index is 0.378. The maximum absolute atomic E-state index is 6.00.